The number of ether oxygens (including phenoxy) is 3. The van der Waals surface area contributed by atoms with E-state index in [-0.39, 0.29) is 27.8 Å². The van der Waals surface area contributed by atoms with Crippen molar-refractivity contribution < 1.29 is 43.5 Å². The Hall–Kier alpha value is -4.13. The zero-order chi connectivity index (χ0) is 28.6. The Morgan fingerprint density at radius 2 is 1.79 bits per heavy atom. The van der Waals surface area contributed by atoms with Gasteiger partial charge in [-0.2, -0.15) is 0 Å². The molecule has 2 heterocycles. The number of aliphatic hydroxyl groups is 2. The summed E-state index contributed by atoms with van der Waals surface area (Å²) in [5.74, 6) is -1.77. The first kappa shape index (κ1) is 27.9. The minimum atomic E-state index is -1.53. The van der Waals surface area contributed by atoms with Crippen LogP contribution in [0.1, 0.15) is 35.3 Å². The lowest BCUT2D eigenvalue weighted by molar-refractivity contribution is -0.290. The average molecular weight is 543 g/mol. The number of aliphatic hydroxyl groups excluding tert-OH is 2. The van der Waals surface area contributed by atoms with Crippen LogP contribution in [0.2, 0.25) is 0 Å². The van der Waals surface area contributed by atoms with E-state index in [9.17, 15) is 29.7 Å². The molecule has 6 N–H and O–H groups in total. The van der Waals surface area contributed by atoms with E-state index in [4.69, 9.17) is 24.4 Å². The molecule has 1 aliphatic heterocycles. The number of aromatic hydroxyl groups is 1. The predicted molar refractivity (Wildman–Crippen MR) is 139 cm³/mol. The third kappa shape index (κ3) is 5.39. The average Bonchev–Trinajstić information content (AvgIpc) is 2.86. The van der Waals surface area contributed by atoms with Gasteiger partial charge in [0.15, 0.2) is 17.5 Å². The Balaban J connectivity index is 1.65. The number of aryl methyl sites for hydroxylation is 2. The summed E-state index contributed by atoms with van der Waals surface area (Å²) in [4.78, 5) is 36.8. The Labute approximate surface area is 222 Å². The van der Waals surface area contributed by atoms with Crippen LogP contribution in [0, 0.1) is 19.8 Å². The van der Waals surface area contributed by atoms with Crippen molar-refractivity contribution in [3.63, 3.8) is 0 Å². The Bertz CT molecular complexity index is 1460. The van der Waals surface area contributed by atoms with Gasteiger partial charge in [-0.15, -0.1) is 0 Å². The van der Waals surface area contributed by atoms with Gasteiger partial charge in [0.05, 0.1) is 23.5 Å². The number of primary amides is 1. The number of benzene rings is 2. The van der Waals surface area contributed by atoms with E-state index < -0.39 is 65.7 Å². The minimum absolute atomic E-state index is 0.0222. The van der Waals surface area contributed by atoms with Gasteiger partial charge in [0.1, 0.15) is 17.4 Å². The standard InChI is InChI=1S/C27H30N2O10/c1-12-5-7-14(8-6-12)23(33)29-18-19(31)15-9-10-17(13(2)21(15)37-24(18)34)36-25-20(32)22(38-26(28)35)16(11-30)27(3,4)39-25/h5-10,16,20,22,25,30-32H,11H2,1-4H3,(H2,28,35)(H,29,33)/t16-,20-,22-,25-/m1/s1. The Kier molecular flexibility index (Phi) is 7.55. The molecule has 1 aliphatic rings. The van der Waals surface area contributed by atoms with Gasteiger partial charge in [0.2, 0.25) is 6.29 Å². The fourth-order valence-electron chi connectivity index (χ4n) is 4.57. The monoisotopic (exact) mass is 542 g/mol. The van der Waals surface area contributed by atoms with E-state index in [1.54, 1.807) is 45.0 Å². The van der Waals surface area contributed by atoms with Crippen molar-refractivity contribution in [1.29, 1.82) is 0 Å². The van der Waals surface area contributed by atoms with Crippen molar-refractivity contribution >= 4 is 28.7 Å². The number of carbonyl (C=O) groups excluding carboxylic acids is 2. The van der Waals surface area contributed by atoms with Crippen molar-refractivity contribution in [3.8, 4) is 11.5 Å². The van der Waals surface area contributed by atoms with Crippen LogP contribution in [0.4, 0.5) is 10.5 Å². The first-order valence-corrected chi connectivity index (χ1v) is 12.1. The summed E-state index contributed by atoms with van der Waals surface area (Å²) in [5, 5.41) is 34.0. The first-order valence-electron chi connectivity index (χ1n) is 12.1. The highest BCUT2D eigenvalue weighted by molar-refractivity contribution is 6.06. The lowest BCUT2D eigenvalue weighted by atomic mass is 9.81. The summed E-state index contributed by atoms with van der Waals surface area (Å²) < 4.78 is 22.3. The number of amides is 2. The lowest BCUT2D eigenvalue weighted by Gasteiger charge is -2.47. The molecular weight excluding hydrogens is 512 g/mol. The van der Waals surface area contributed by atoms with E-state index in [0.29, 0.717) is 0 Å². The van der Waals surface area contributed by atoms with Gasteiger partial charge in [-0.3, -0.25) is 4.79 Å². The molecule has 0 unspecified atom stereocenters. The molecule has 12 heteroatoms. The number of carbonyl (C=O) groups is 2. The zero-order valence-electron chi connectivity index (χ0n) is 21.8. The van der Waals surface area contributed by atoms with Gasteiger partial charge in [0, 0.05) is 11.1 Å². The molecule has 0 spiro atoms. The lowest BCUT2D eigenvalue weighted by Crippen LogP contribution is -2.62. The fraction of sp³-hybridized carbons (Fsp3) is 0.370. The number of anilines is 1. The summed E-state index contributed by atoms with van der Waals surface area (Å²) in [6.45, 7) is 6.22. The molecule has 4 atom stereocenters. The van der Waals surface area contributed by atoms with Crippen molar-refractivity contribution in [1.82, 2.24) is 0 Å². The molecule has 2 amide bonds. The highest BCUT2D eigenvalue weighted by atomic mass is 16.7. The molecular formula is C27H30N2O10. The molecule has 4 rings (SSSR count). The maximum atomic E-state index is 12.7. The third-order valence-electron chi connectivity index (χ3n) is 6.82. The molecule has 1 saturated heterocycles. The van der Waals surface area contributed by atoms with E-state index in [0.717, 1.165) is 5.56 Å². The van der Waals surface area contributed by atoms with Crippen molar-refractivity contribution in [2.75, 3.05) is 11.9 Å². The van der Waals surface area contributed by atoms with Gasteiger partial charge < -0.3 is 45.0 Å². The summed E-state index contributed by atoms with van der Waals surface area (Å²) in [6, 6.07) is 9.51. The van der Waals surface area contributed by atoms with Crippen LogP contribution >= 0.6 is 0 Å². The normalized spacial score (nSPS) is 22.3. The molecule has 12 nitrogen and oxygen atoms in total. The second kappa shape index (κ2) is 10.6. The molecule has 0 saturated carbocycles. The van der Waals surface area contributed by atoms with Crippen LogP contribution in [0.25, 0.3) is 11.0 Å². The number of rotatable bonds is 6. The Morgan fingerprint density at radius 1 is 1.13 bits per heavy atom. The summed E-state index contributed by atoms with van der Waals surface area (Å²) >= 11 is 0. The van der Waals surface area contributed by atoms with Gasteiger partial charge in [-0.25, -0.2) is 9.59 Å². The van der Waals surface area contributed by atoms with Crippen molar-refractivity contribution in [2.24, 2.45) is 11.7 Å². The molecule has 1 fully saturated rings. The van der Waals surface area contributed by atoms with Gasteiger partial charge in [-0.05, 0) is 52.0 Å². The first-order chi connectivity index (χ1) is 18.3. The van der Waals surface area contributed by atoms with Crippen LogP contribution in [0.3, 0.4) is 0 Å². The van der Waals surface area contributed by atoms with E-state index >= 15 is 0 Å². The second-order valence-electron chi connectivity index (χ2n) is 9.89. The number of nitrogens with two attached hydrogens (primary N) is 1. The van der Waals surface area contributed by atoms with Crippen LogP contribution in [-0.2, 0) is 9.47 Å². The summed E-state index contributed by atoms with van der Waals surface area (Å²) in [5.41, 5.74) is 4.14. The number of nitrogens with one attached hydrogen (secondary N) is 1. The summed E-state index contributed by atoms with van der Waals surface area (Å²) in [7, 11) is 0. The fourth-order valence-corrected chi connectivity index (χ4v) is 4.57. The molecule has 0 radical (unpaired) electrons. The number of hydrogen-bond acceptors (Lipinski definition) is 10. The molecule has 0 aliphatic carbocycles. The largest absolute Gasteiger partial charge is 0.505 e. The van der Waals surface area contributed by atoms with E-state index in [2.05, 4.69) is 5.32 Å². The van der Waals surface area contributed by atoms with Crippen LogP contribution in [0.15, 0.2) is 45.6 Å². The second-order valence-corrected chi connectivity index (χ2v) is 9.89. The van der Waals surface area contributed by atoms with Crippen molar-refractivity contribution in [3.05, 3.63) is 63.5 Å². The van der Waals surface area contributed by atoms with Crippen LogP contribution in [-0.4, -0.2) is 58.0 Å². The van der Waals surface area contributed by atoms with Crippen molar-refractivity contribution in [2.45, 2.75) is 51.8 Å². The van der Waals surface area contributed by atoms with Gasteiger partial charge >= 0.3 is 11.7 Å². The van der Waals surface area contributed by atoms with Gasteiger partial charge in [-0.1, -0.05) is 17.7 Å². The quantitative estimate of drug-likeness (QED) is 0.289. The molecule has 0 bridgehead atoms. The number of hydrogen-bond donors (Lipinski definition) is 5. The van der Waals surface area contributed by atoms with Crippen LogP contribution in [0.5, 0.6) is 11.5 Å². The predicted octanol–water partition coefficient (Wildman–Crippen LogP) is 2.31. The number of fused-ring (bicyclic) bond motifs is 1. The molecule has 1 aromatic heterocycles. The Morgan fingerprint density at radius 3 is 2.41 bits per heavy atom. The smallest absolute Gasteiger partial charge is 0.404 e. The minimum Gasteiger partial charge on any atom is -0.505 e. The highest BCUT2D eigenvalue weighted by Gasteiger charge is 2.52. The van der Waals surface area contributed by atoms with Crippen LogP contribution < -0.4 is 21.4 Å². The van der Waals surface area contributed by atoms with Gasteiger partial charge in [0.25, 0.3) is 5.91 Å². The topological polar surface area (TPSA) is 191 Å². The SMILES string of the molecule is Cc1ccc(C(=O)Nc2c(O)c3ccc(O[C@@H]4OC(C)(C)[C@H](CO)[C@@H](OC(N)=O)[C@H]4O)c(C)c3oc2=O)cc1. The summed E-state index contributed by atoms with van der Waals surface area (Å²) in [6.07, 6.45) is -5.27. The third-order valence-corrected chi connectivity index (χ3v) is 6.82. The molecule has 208 valence electrons. The highest BCUT2D eigenvalue weighted by Crippen LogP contribution is 2.39. The maximum absolute atomic E-state index is 12.7. The zero-order valence-corrected chi connectivity index (χ0v) is 21.8. The van der Waals surface area contributed by atoms with E-state index in [1.807, 2.05) is 6.92 Å². The molecule has 3 aromatic rings. The maximum Gasteiger partial charge on any atom is 0.404 e. The molecule has 39 heavy (non-hydrogen) atoms. The molecule has 2 aromatic carbocycles. The van der Waals surface area contributed by atoms with E-state index in [1.165, 1.54) is 12.1 Å².